The number of hydrogen-bond acceptors (Lipinski definition) is 7. The van der Waals surface area contributed by atoms with Gasteiger partial charge in [0.15, 0.2) is 5.75 Å². The van der Waals surface area contributed by atoms with Crippen LogP contribution in [0.5, 0.6) is 11.6 Å². The zero-order chi connectivity index (χ0) is 22.1. The second kappa shape index (κ2) is 8.61. The number of carbonyl (C=O) groups is 1. The lowest BCUT2D eigenvalue weighted by molar-refractivity contribution is -0.119. The molecule has 1 amide bonds. The number of pyridine rings is 1. The molecular formula is C24H27N5O3. The lowest BCUT2D eigenvalue weighted by atomic mass is 9.91. The summed E-state index contributed by atoms with van der Waals surface area (Å²) in [5.41, 5.74) is 3.79. The second-order valence-electron chi connectivity index (χ2n) is 8.45. The highest BCUT2D eigenvalue weighted by molar-refractivity contribution is 5.88. The first-order chi connectivity index (χ1) is 15.6. The molecule has 1 aliphatic carbocycles. The Labute approximate surface area is 186 Å². The molecule has 32 heavy (non-hydrogen) atoms. The van der Waals surface area contributed by atoms with Crippen LogP contribution in [-0.4, -0.2) is 46.2 Å². The van der Waals surface area contributed by atoms with E-state index in [1.54, 1.807) is 13.1 Å². The first-order valence-corrected chi connectivity index (χ1v) is 11.1. The molecule has 166 valence electrons. The molecule has 1 aromatic carbocycles. The average molecular weight is 434 g/mol. The van der Waals surface area contributed by atoms with Gasteiger partial charge in [-0.3, -0.25) is 4.79 Å². The van der Waals surface area contributed by atoms with Gasteiger partial charge >= 0.3 is 0 Å². The summed E-state index contributed by atoms with van der Waals surface area (Å²) in [4.78, 5) is 25.0. The highest BCUT2D eigenvalue weighted by Gasteiger charge is 2.23. The number of ether oxygens (including phenoxy) is 2. The van der Waals surface area contributed by atoms with Crippen LogP contribution in [0.25, 0.3) is 22.0 Å². The van der Waals surface area contributed by atoms with Crippen LogP contribution in [-0.2, 0) is 4.79 Å². The van der Waals surface area contributed by atoms with E-state index in [4.69, 9.17) is 19.4 Å². The molecule has 2 aromatic heterocycles. The van der Waals surface area contributed by atoms with Crippen molar-refractivity contribution in [3.8, 4) is 22.8 Å². The molecule has 0 atom stereocenters. The number of anilines is 1. The van der Waals surface area contributed by atoms with Crippen molar-refractivity contribution in [1.82, 2.24) is 20.3 Å². The fourth-order valence-corrected chi connectivity index (χ4v) is 4.55. The topological polar surface area (TPSA) is 98.3 Å². The summed E-state index contributed by atoms with van der Waals surface area (Å²) in [7, 11) is 0. The number of aryl methyl sites for hydroxylation is 1. The number of carbonyl (C=O) groups excluding carboxylic acids is 1. The lowest BCUT2D eigenvalue weighted by Crippen LogP contribution is -2.39. The number of amides is 1. The molecule has 0 unspecified atom stereocenters. The third-order valence-corrected chi connectivity index (χ3v) is 6.11. The molecule has 1 aliphatic heterocycles. The van der Waals surface area contributed by atoms with Crippen LogP contribution in [0.15, 0.2) is 30.5 Å². The summed E-state index contributed by atoms with van der Waals surface area (Å²) in [6, 6.07) is 8.70. The molecule has 1 saturated carbocycles. The SMILES string of the molecule is CC(=O)NC1CCC(Nc2nc(C)c3cc(-c4ccnc5c4OCCO5)ccc3n2)CC1. The molecule has 2 N–H and O–H groups in total. The van der Waals surface area contributed by atoms with E-state index in [1.165, 1.54) is 0 Å². The van der Waals surface area contributed by atoms with Crippen molar-refractivity contribution in [3.05, 3.63) is 36.2 Å². The molecule has 8 heteroatoms. The van der Waals surface area contributed by atoms with Crippen LogP contribution >= 0.6 is 0 Å². The van der Waals surface area contributed by atoms with E-state index in [9.17, 15) is 4.79 Å². The smallest absolute Gasteiger partial charge is 0.257 e. The predicted octanol–water partition coefficient (Wildman–Crippen LogP) is 3.63. The van der Waals surface area contributed by atoms with Crippen molar-refractivity contribution >= 4 is 22.8 Å². The van der Waals surface area contributed by atoms with Crippen molar-refractivity contribution < 1.29 is 14.3 Å². The van der Waals surface area contributed by atoms with E-state index in [2.05, 4.69) is 21.7 Å². The third-order valence-electron chi connectivity index (χ3n) is 6.11. The van der Waals surface area contributed by atoms with Gasteiger partial charge in [-0.2, -0.15) is 0 Å². The minimum Gasteiger partial charge on any atom is -0.484 e. The molecule has 5 rings (SSSR count). The number of benzene rings is 1. The summed E-state index contributed by atoms with van der Waals surface area (Å²) >= 11 is 0. The Morgan fingerprint density at radius 3 is 2.62 bits per heavy atom. The van der Waals surface area contributed by atoms with Crippen molar-refractivity contribution in [2.75, 3.05) is 18.5 Å². The van der Waals surface area contributed by atoms with Gasteiger partial charge in [0.25, 0.3) is 5.88 Å². The van der Waals surface area contributed by atoms with Gasteiger partial charge < -0.3 is 20.1 Å². The normalized spacial score (nSPS) is 20.1. The standard InChI is InChI=1S/C24H27N5O3/c1-14-20-13-16(19-9-10-25-23-22(19)31-11-12-32-23)3-8-21(20)29-24(26-14)28-18-6-4-17(5-7-18)27-15(2)30/h3,8-10,13,17-18H,4-7,11-12H2,1-2H3,(H,27,30)(H,26,28,29). The van der Waals surface area contributed by atoms with Crippen LogP contribution < -0.4 is 20.1 Å². The van der Waals surface area contributed by atoms with Gasteiger partial charge in [0.1, 0.15) is 13.2 Å². The van der Waals surface area contributed by atoms with Gasteiger partial charge in [-0.1, -0.05) is 6.07 Å². The molecule has 2 aliphatic rings. The Kier molecular flexibility index (Phi) is 5.51. The maximum atomic E-state index is 11.3. The molecule has 0 bridgehead atoms. The number of hydrogen-bond donors (Lipinski definition) is 2. The van der Waals surface area contributed by atoms with E-state index in [0.29, 0.717) is 36.8 Å². The van der Waals surface area contributed by atoms with Crippen LogP contribution in [0.2, 0.25) is 0 Å². The minimum absolute atomic E-state index is 0.0423. The van der Waals surface area contributed by atoms with Crippen LogP contribution in [0.4, 0.5) is 5.95 Å². The van der Waals surface area contributed by atoms with E-state index in [-0.39, 0.29) is 11.9 Å². The third kappa shape index (κ3) is 4.17. The summed E-state index contributed by atoms with van der Waals surface area (Å²) < 4.78 is 11.5. The quantitative estimate of drug-likeness (QED) is 0.648. The van der Waals surface area contributed by atoms with Gasteiger partial charge in [-0.15, -0.1) is 0 Å². The van der Waals surface area contributed by atoms with Crippen LogP contribution in [0.1, 0.15) is 38.3 Å². The van der Waals surface area contributed by atoms with Gasteiger partial charge in [0.05, 0.1) is 11.2 Å². The van der Waals surface area contributed by atoms with E-state index in [0.717, 1.165) is 53.4 Å². The zero-order valence-corrected chi connectivity index (χ0v) is 18.4. The van der Waals surface area contributed by atoms with E-state index >= 15 is 0 Å². The van der Waals surface area contributed by atoms with E-state index < -0.39 is 0 Å². The molecule has 1 fully saturated rings. The van der Waals surface area contributed by atoms with Crippen LogP contribution in [0, 0.1) is 6.92 Å². The maximum Gasteiger partial charge on any atom is 0.257 e. The minimum atomic E-state index is 0.0423. The molecule has 0 saturated heterocycles. The highest BCUT2D eigenvalue weighted by Crippen LogP contribution is 2.39. The first-order valence-electron chi connectivity index (χ1n) is 11.1. The lowest BCUT2D eigenvalue weighted by Gasteiger charge is -2.29. The Morgan fingerprint density at radius 1 is 1.03 bits per heavy atom. The van der Waals surface area contributed by atoms with E-state index in [1.807, 2.05) is 25.1 Å². The zero-order valence-electron chi connectivity index (χ0n) is 18.4. The molecule has 8 nitrogen and oxygen atoms in total. The summed E-state index contributed by atoms with van der Waals surface area (Å²) in [5.74, 6) is 1.92. The van der Waals surface area contributed by atoms with Crippen molar-refractivity contribution in [2.24, 2.45) is 0 Å². The fraction of sp³-hybridized carbons (Fsp3) is 0.417. The monoisotopic (exact) mass is 433 g/mol. The van der Waals surface area contributed by atoms with Gasteiger partial charge in [0, 0.05) is 36.2 Å². The number of nitrogens with one attached hydrogen (secondary N) is 2. The maximum absolute atomic E-state index is 11.3. The summed E-state index contributed by atoms with van der Waals surface area (Å²) in [6.45, 7) is 4.61. The molecule has 3 heterocycles. The predicted molar refractivity (Wildman–Crippen MR) is 122 cm³/mol. The summed E-state index contributed by atoms with van der Waals surface area (Å²) in [5, 5.41) is 7.52. The Morgan fingerprint density at radius 2 is 1.81 bits per heavy atom. The van der Waals surface area contributed by atoms with Crippen molar-refractivity contribution in [3.63, 3.8) is 0 Å². The fourth-order valence-electron chi connectivity index (χ4n) is 4.55. The number of rotatable bonds is 4. The van der Waals surface area contributed by atoms with Gasteiger partial charge in [-0.25, -0.2) is 15.0 Å². The van der Waals surface area contributed by atoms with Crippen LogP contribution in [0.3, 0.4) is 0 Å². The van der Waals surface area contributed by atoms with Crippen molar-refractivity contribution in [2.45, 2.75) is 51.6 Å². The second-order valence-corrected chi connectivity index (χ2v) is 8.45. The van der Waals surface area contributed by atoms with Gasteiger partial charge in [0.2, 0.25) is 11.9 Å². The van der Waals surface area contributed by atoms with Gasteiger partial charge in [-0.05, 0) is 56.4 Å². The van der Waals surface area contributed by atoms with Crippen molar-refractivity contribution in [1.29, 1.82) is 0 Å². The average Bonchev–Trinajstić information content (AvgIpc) is 2.79. The number of fused-ring (bicyclic) bond motifs is 2. The number of aromatic nitrogens is 3. The number of nitrogens with zero attached hydrogens (tertiary/aromatic N) is 3. The Bertz CT molecular complexity index is 1160. The largest absolute Gasteiger partial charge is 0.484 e. The Hall–Kier alpha value is -3.42. The molecular weight excluding hydrogens is 406 g/mol. The first kappa shape index (κ1) is 20.5. The Balaban J connectivity index is 1.36. The summed E-state index contributed by atoms with van der Waals surface area (Å²) in [6.07, 6.45) is 5.65. The molecule has 0 spiro atoms. The molecule has 3 aromatic rings. The molecule has 0 radical (unpaired) electrons. The highest BCUT2D eigenvalue weighted by atomic mass is 16.6.